The van der Waals surface area contributed by atoms with Crippen LogP contribution in [-0.2, 0) is 0 Å². The summed E-state index contributed by atoms with van der Waals surface area (Å²) in [5.41, 5.74) is 9.01. The zero-order valence-electron chi connectivity index (χ0n) is 12.8. The summed E-state index contributed by atoms with van der Waals surface area (Å²) in [6.45, 7) is 6.73. The fourth-order valence-electron chi connectivity index (χ4n) is 3.25. The van der Waals surface area contributed by atoms with Gasteiger partial charge in [-0.1, -0.05) is 36.8 Å². The van der Waals surface area contributed by atoms with Crippen LogP contribution in [0.25, 0.3) is 0 Å². The van der Waals surface area contributed by atoms with Crippen molar-refractivity contribution in [1.82, 2.24) is 4.90 Å². The van der Waals surface area contributed by atoms with E-state index in [1.54, 1.807) is 0 Å². The number of aliphatic hydroxyl groups is 1. The van der Waals surface area contributed by atoms with Crippen LogP contribution in [0.1, 0.15) is 43.4 Å². The highest BCUT2D eigenvalue weighted by Crippen LogP contribution is 2.31. The van der Waals surface area contributed by atoms with Crippen LogP contribution in [0.3, 0.4) is 0 Å². The third-order valence-corrected chi connectivity index (χ3v) is 4.54. The standard InChI is InChI=1S/C17H28N2O/c1-3-16(18)17(15-6-4-13(2)5-7-15)19-10-8-14(12-19)9-11-20/h4-7,14,16-17,20H,3,8-12,18H2,1-2H3. The van der Waals surface area contributed by atoms with Crippen LogP contribution in [-0.4, -0.2) is 35.7 Å². The Morgan fingerprint density at radius 1 is 1.35 bits per heavy atom. The van der Waals surface area contributed by atoms with Crippen LogP contribution in [0.2, 0.25) is 0 Å². The monoisotopic (exact) mass is 276 g/mol. The summed E-state index contributed by atoms with van der Waals surface area (Å²) in [7, 11) is 0. The topological polar surface area (TPSA) is 49.5 Å². The molecule has 3 unspecified atom stereocenters. The first-order valence-corrected chi connectivity index (χ1v) is 7.82. The summed E-state index contributed by atoms with van der Waals surface area (Å²) in [6, 6.07) is 9.26. The van der Waals surface area contributed by atoms with Crippen molar-refractivity contribution in [2.45, 2.75) is 45.2 Å². The van der Waals surface area contributed by atoms with Gasteiger partial charge in [0.1, 0.15) is 0 Å². The van der Waals surface area contributed by atoms with Crippen LogP contribution in [0, 0.1) is 12.8 Å². The molecule has 1 aliphatic heterocycles. The van der Waals surface area contributed by atoms with Crippen molar-refractivity contribution >= 4 is 0 Å². The van der Waals surface area contributed by atoms with Gasteiger partial charge >= 0.3 is 0 Å². The first kappa shape index (κ1) is 15.5. The quantitative estimate of drug-likeness (QED) is 0.839. The predicted molar refractivity (Wildman–Crippen MR) is 83.6 cm³/mol. The van der Waals surface area contributed by atoms with Crippen LogP contribution in [0.5, 0.6) is 0 Å². The summed E-state index contributed by atoms with van der Waals surface area (Å²) in [5.74, 6) is 0.622. The Morgan fingerprint density at radius 2 is 2.05 bits per heavy atom. The Kier molecular flexibility index (Phi) is 5.58. The molecule has 112 valence electrons. The van der Waals surface area contributed by atoms with Gasteiger partial charge in [-0.05, 0) is 44.2 Å². The van der Waals surface area contributed by atoms with Gasteiger partial charge in [0.05, 0.1) is 0 Å². The number of hydrogen-bond acceptors (Lipinski definition) is 3. The molecule has 1 fully saturated rings. The van der Waals surface area contributed by atoms with Crippen molar-refractivity contribution in [3.8, 4) is 0 Å². The molecule has 1 saturated heterocycles. The number of nitrogens with two attached hydrogens (primary N) is 1. The maximum atomic E-state index is 9.11. The summed E-state index contributed by atoms with van der Waals surface area (Å²) in [6.07, 6.45) is 3.08. The molecule has 0 aromatic heterocycles. The van der Waals surface area contributed by atoms with Crippen molar-refractivity contribution in [3.63, 3.8) is 0 Å². The average molecular weight is 276 g/mol. The molecule has 0 aliphatic carbocycles. The molecule has 0 amide bonds. The van der Waals surface area contributed by atoms with Crippen molar-refractivity contribution in [2.24, 2.45) is 11.7 Å². The third kappa shape index (κ3) is 3.60. The molecule has 1 aromatic rings. The summed E-state index contributed by atoms with van der Waals surface area (Å²) in [5, 5.41) is 9.11. The number of benzene rings is 1. The largest absolute Gasteiger partial charge is 0.396 e. The highest BCUT2D eigenvalue weighted by Gasteiger charge is 2.31. The number of aliphatic hydroxyl groups excluding tert-OH is 1. The molecule has 2 rings (SSSR count). The molecular formula is C17H28N2O. The smallest absolute Gasteiger partial charge is 0.0499 e. The second-order valence-corrected chi connectivity index (χ2v) is 6.09. The Bertz CT molecular complexity index is 404. The molecule has 0 radical (unpaired) electrons. The van der Waals surface area contributed by atoms with Crippen LogP contribution < -0.4 is 5.73 Å². The maximum absolute atomic E-state index is 9.11. The average Bonchev–Trinajstić information content (AvgIpc) is 2.90. The highest BCUT2D eigenvalue weighted by molar-refractivity contribution is 5.25. The zero-order chi connectivity index (χ0) is 14.5. The molecule has 3 nitrogen and oxygen atoms in total. The maximum Gasteiger partial charge on any atom is 0.0499 e. The van der Waals surface area contributed by atoms with Gasteiger partial charge in [-0.25, -0.2) is 0 Å². The second-order valence-electron chi connectivity index (χ2n) is 6.09. The normalized spacial score (nSPS) is 22.9. The lowest BCUT2D eigenvalue weighted by atomic mass is 9.95. The van der Waals surface area contributed by atoms with Gasteiger partial charge in [0.2, 0.25) is 0 Å². The molecule has 1 aliphatic rings. The highest BCUT2D eigenvalue weighted by atomic mass is 16.3. The zero-order valence-corrected chi connectivity index (χ0v) is 12.8. The van der Waals surface area contributed by atoms with E-state index in [1.165, 1.54) is 17.5 Å². The van der Waals surface area contributed by atoms with Crippen molar-refractivity contribution in [3.05, 3.63) is 35.4 Å². The van der Waals surface area contributed by atoms with Crippen LogP contribution >= 0.6 is 0 Å². The van der Waals surface area contributed by atoms with Gasteiger partial charge in [-0.15, -0.1) is 0 Å². The third-order valence-electron chi connectivity index (χ3n) is 4.54. The molecule has 3 atom stereocenters. The van der Waals surface area contributed by atoms with E-state index in [1.807, 2.05) is 0 Å². The minimum atomic E-state index is 0.172. The minimum Gasteiger partial charge on any atom is -0.396 e. The summed E-state index contributed by atoms with van der Waals surface area (Å²) >= 11 is 0. The van der Waals surface area contributed by atoms with Gasteiger partial charge < -0.3 is 10.8 Å². The van der Waals surface area contributed by atoms with Gasteiger partial charge in [0, 0.05) is 25.2 Å². The lowest BCUT2D eigenvalue weighted by Crippen LogP contribution is -2.39. The molecule has 20 heavy (non-hydrogen) atoms. The minimum absolute atomic E-state index is 0.172. The van der Waals surface area contributed by atoms with Crippen molar-refractivity contribution < 1.29 is 5.11 Å². The molecule has 3 N–H and O–H groups in total. The molecular weight excluding hydrogens is 248 g/mol. The molecule has 0 saturated carbocycles. The van der Waals surface area contributed by atoms with E-state index < -0.39 is 0 Å². The van der Waals surface area contributed by atoms with Gasteiger partial charge in [-0.2, -0.15) is 0 Å². The fourth-order valence-corrected chi connectivity index (χ4v) is 3.25. The van der Waals surface area contributed by atoms with Gasteiger partial charge in [0.15, 0.2) is 0 Å². The first-order chi connectivity index (χ1) is 9.65. The van der Waals surface area contributed by atoms with Crippen LogP contribution in [0.4, 0.5) is 0 Å². The fraction of sp³-hybridized carbons (Fsp3) is 0.647. The second kappa shape index (κ2) is 7.21. The lowest BCUT2D eigenvalue weighted by molar-refractivity contribution is 0.193. The van der Waals surface area contributed by atoms with E-state index in [0.29, 0.717) is 18.6 Å². The molecule has 1 aromatic carbocycles. The van der Waals surface area contributed by atoms with Gasteiger partial charge in [-0.3, -0.25) is 4.90 Å². The molecule has 0 spiro atoms. The predicted octanol–water partition coefficient (Wildman–Crippen LogP) is 2.48. The number of likely N-dealkylation sites (tertiary alicyclic amines) is 1. The van der Waals surface area contributed by atoms with E-state index in [0.717, 1.165) is 25.9 Å². The lowest BCUT2D eigenvalue weighted by Gasteiger charge is -2.33. The number of aryl methyl sites for hydroxylation is 1. The van der Waals surface area contributed by atoms with E-state index in [4.69, 9.17) is 10.8 Å². The van der Waals surface area contributed by atoms with E-state index in [2.05, 4.69) is 43.0 Å². The van der Waals surface area contributed by atoms with E-state index in [9.17, 15) is 0 Å². The number of rotatable bonds is 6. The molecule has 3 heteroatoms. The SMILES string of the molecule is CCC(N)C(c1ccc(C)cc1)N1CCC(CCO)C1. The Morgan fingerprint density at radius 3 is 2.65 bits per heavy atom. The summed E-state index contributed by atoms with van der Waals surface area (Å²) in [4.78, 5) is 2.51. The Balaban J connectivity index is 2.14. The molecule has 1 heterocycles. The number of hydrogen-bond donors (Lipinski definition) is 2. The van der Waals surface area contributed by atoms with Crippen molar-refractivity contribution in [1.29, 1.82) is 0 Å². The first-order valence-electron chi connectivity index (χ1n) is 7.82. The Hall–Kier alpha value is -0.900. The molecule has 0 bridgehead atoms. The van der Waals surface area contributed by atoms with Crippen molar-refractivity contribution in [2.75, 3.05) is 19.7 Å². The van der Waals surface area contributed by atoms with E-state index >= 15 is 0 Å². The van der Waals surface area contributed by atoms with Gasteiger partial charge in [0.25, 0.3) is 0 Å². The van der Waals surface area contributed by atoms with E-state index in [-0.39, 0.29) is 6.04 Å². The van der Waals surface area contributed by atoms with Crippen LogP contribution in [0.15, 0.2) is 24.3 Å². The Labute approximate surface area is 122 Å². The summed E-state index contributed by atoms with van der Waals surface area (Å²) < 4.78 is 0. The number of nitrogens with zero attached hydrogens (tertiary/aromatic N) is 1.